The molecule has 3 aromatic heterocycles. The summed E-state index contributed by atoms with van der Waals surface area (Å²) in [6, 6.07) is 59.2. The first kappa shape index (κ1) is 28.8. The summed E-state index contributed by atoms with van der Waals surface area (Å²) in [7, 11) is 0. The van der Waals surface area contributed by atoms with Gasteiger partial charge in [-0.1, -0.05) is 121 Å². The number of para-hydroxylation sites is 2. The fourth-order valence-electron chi connectivity index (χ4n) is 7.67. The highest BCUT2D eigenvalue weighted by Crippen LogP contribution is 2.41. The predicted octanol–water partition coefficient (Wildman–Crippen LogP) is 13.2. The molecule has 0 bridgehead atoms. The van der Waals surface area contributed by atoms with Crippen LogP contribution in [0.3, 0.4) is 0 Å². The van der Waals surface area contributed by atoms with Gasteiger partial charge >= 0.3 is 0 Å². The van der Waals surface area contributed by atoms with Crippen molar-refractivity contribution in [1.29, 1.82) is 0 Å². The summed E-state index contributed by atoms with van der Waals surface area (Å²) in [5, 5.41) is 7.68. The first-order valence-corrected chi connectivity index (χ1v) is 17.5. The molecule has 11 rings (SSSR count). The minimum absolute atomic E-state index is 0.628. The number of benzene rings is 8. The van der Waals surface area contributed by atoms with Crippen molar-refractivity contribution in [3.63, 3.8) is 0 Å². The smallest absolute Gasteiger partial charge is 0.164 e. The Hall–Kier alpha value is -7.04. The molecule has 0 radical (unpaired) electrons. The van der Waals surface area contributed by atoms with Gasteiger partial charge in [-0.05, 0) is 81.6 Å². The Morgan fingerprint density at radius 2 is 1.00 bits per heavy atom. The maximum atomic E-state index is 6.74. The fraction of sp³-hybridized carbons (Fsp3) is 0. The minimum atomic E-state index is 0.628. The molecule has 4 heteroatoms. The van der Waals surface area contributed by atoms with E-state index in [0.717, 1.165) is 99.2 Å². The van der Waals surface area contributed by atoms with E-state index in [2.05, 4.69) is 127 Å². The number of rotatable bonds is 4. The summed E-state index contributed by atoms with van der Waals surface area (Å²) in [6.07, 6.45) is 0. The molecule has 0 saturated heterocycles. The van der Waals surface area contributed by atoms with E-state index in [4.69, 9.17) is 18.8 Å². The van der Waals surface area contributed by atoms with Crippen LogP contribution in [0, 0.1) is 0 Å². The van der Waals surface area contributed by atoms with Gasteiger partial charge < -0.3 is 8.83 Å². The molecule has 0 aliphatic heterocycles. The van der Waals surface area contributed by atoms with Crippen molar-refractivity contribution in [3.8, 4) is 44.9 Å². The van der Waals surface area contributed by atoms with Crippen LogP contribution in [0.2, 0.25) is 0 Å². The molecule has 52 heavy (non-hydrogen) atoms. The predicted molar refractivity (Wildman–Crippen MR) is 213 cm³/mol. The third-order valence-corrected chi connectivity index (χ3v) is 10.3. The lowest BCUT2D eigenvalue weighted by atomic mass is 9.96. The van der Waals surface area contributed by atoms with Gasteiger partial charge in [-0.25, -0.2) is 9.97 Å². The van der Waals surface area contributed by atoms with Crippen molar-refractivity contribution >= 4 is 65.6 Å². The molecule has 0 fully saturated rings. The topological polar surface area (TPSA) is 52.1 Å². The van der Waals surface area contributed by atoms with Crippen LogP contribution in [-0.2, 0) is 0 Å². The molecule has 0 aliphatic rings. The number of aromatic nitrogens is 2. The lowest BCUT2D eigenvalue weighted by molar-refractivity contribution is 0.669. The molecule has 3 heterocycles. The largest absolute Gasteiger partial charge is 0.456 e. The highest BCUT2D eigenvalue weighted by molar-refractivity contribution is 6.14. The van der Waals surface area contributed by atoms with Crippen molar-refractivity contribution in [2.24, 2.45) is 0 Å². The minimum Gasteiger partial charge on any atom is -0.456 e. The summed E-state index contributed by atoms with van der Waals surface area (Å²) < 4.78 is 12.9. The quantitative estimate of drug-likeness (QED) is 0.188. The Kier molecular flexibility index (Phi) is 6.22. The zero-order chi connectivity index (χ0) is 34.2. The Morgan fingerprint density at radius 1 is 0.346 bits per heavy atom. The average molecular weight is 665 g/mol. The second-order valence-electron chi connectivity index (χ2n) is 13.4. The first-order valence-electron chi connectivity index (χ1n) is 17.5. The third kappa shape index (κ3) is 4.55. The van der Waals surface area contributed by atoms with Crippen molar-refractivity contribution in [1.82, 2.24) is 9.97 Å². The van der Waals surface area contributed by atoms with Crippen LogP contribution in [0.1, 0.15) is 0 Å². The number of fused-ring (bicyclic) bond motifs is 8. The van der Waals surface area contributed by atoms with Crippen molar-refractivity contribution < 1.29 is 8.83 Å². The van der Waals surface area contributed by atoms with Gasteiger partial charge in [-0.15, -0.1) is 0 Å². The summed E-state index contributed by atoms with van der Waals surface area (Å²) >= 11 is 0. The molecule has 0 N–H and O–H groups in total. The third-order valence-electron chi connectivity index (χ3n) is 10.3. The van der Waals surface area contributed by atoms with E-state index in [1.807, 2.05) is 42.5 Å². The van der Waals surface area contributed by atoms with Crippen LogP contribution >= 0.6 is 0 Å². The second kappa shape index (κ2) is 11.2. The fourth-order valence-corrected chi connectivity index (χ4v) is 7.67. The number of hydrogen-bond acceptors (Lipinski definition) is 4. The highest BCUT2D eigenvalue weighted by atomic mass is 16.3. The van der Waals surface area contributed by atoms with Crippen LogP contribution in [0.5, 0.6) is 0 Å². The molecular formula is C48H28N2O2. The monoisotopic (exact) mass is 664 g/mol. The molecule has 242 valence electrons. The van der Waals surface area contributed by atoms with Crippen LogP contribution in [-0.4, -0.2) is 9.97 Å². The SMILES string of the molecule is c1ccc(-c2nc(-c3cc(-c4ccc(-c5ccc6c(c5)oc5ccccc56)cc4)cc4c3oc3cc5ccccc5cc34)nc3ccccc23)cc1. The molecule has 0 atom stereocenters. The summed E-state index contributed by atoms with van der Waals surface area (Å²) in [6.45, 7) is 0. The summed E-state index contributed by atoms with van der Waals surface area (Å²) in [5.41, 5.74) is 11.5. The van der Waals surface area contributed by atoms with E-state index in [1.54, 1.807) is 0 Å². The summed E-state index contributed by atoms with van der Waals surface area (Å²) in [4.78, 5) is 10.4. The van der Waals surface area contributed by atoms with Gasteiger partial charge in [0.2, 0.25) is 0 Å². The van der Waals surface area contributed by atoms with E-state index in [0.29, 0.717) is 5.82 Å². The molecule has 4 nitrogen and oxygen atoms in total. The van der Waals surface area contributed by atoms with Gasteiger partial charge in [-0.2, -0.15) is 0 Å². The van der Waals surface area contributed by atoms with Crippen LogP contribution in [0.15, 0.2) is 179 Å². The zero-order valence-corrected chi connectivity index (χ0v) is 27.9. The zero-order valence-electron chi connectivity index (χ0n) is 27.9. The van der Waals surface area contributed by atoms with Gasteiger partial charge in [0.1, 0.15) is 22.3 Å². The van der Waals surface area contributed by atoms with Crippen molar-refractivity contribution in [2.45, 2.75) is 0 Å². The Bertz CT molecular complexity index is 3170. The van der Waals surface area contributed by atoms with E-state index in [1.165, 1.54) is 5.39 Å². The summed E-state index contributed by atoms with van der Waals surface area (Å²) in [5.74, 6) is 0.628. The normalized spacial score (nSPS) is 11.8. The molecule has 0 amide bonds. The molecule has 0 saturated carbocycles. The maximum Gasteiger partial charge on any atom is 0.164 e. The molecule has 0 unspecified atom stereocenters. The highest BCUT2D eigenvalue weighted by Gasteiger charge is 2.20. The Morgan fingerprint density at radius 3 is 1.85 bits per heavy atom. The van der Waals surface area contributed by atoms with E-state index in [9.17, 15) is 0 Å². The molecule has 0 spiro atoms. The number of furan rings is 2. The molecular weight excluding hydrogens is 637 g/mol. The van der Waals surface area contributed by atoms with E-state index in [-0.39, 0.29) is 0 Å². The molecule has 0 aliphatic carbocycles. The first-order chi connectivity index (χ1) is 25.7. The lowest BCUT2D eigenvalue weighted by Gasteiger charge is -2.11. The number of nitrogens with zero attached hydrogens (tertiary/aromatic N) is 2. The van der Waals surface area contributed by atoms with E-state index < -0.39 is 0 Å². The Labute approximate surface area is 298 Å². The van der Waals surface area contributed by atoms with Crippen LogP contribution in [0.25, 0.3) is 110 Å². The Balaban J connectivity index is 1.11. The number of hydrogen-bond donors (Lipinski definition) is 0. The maximum absolute atomic E-state index is 6.74. The van der Waals surface area contributed by atoms with Gasteiger partial charge in [0.15, 0.2) is 5.82 Å². The standard InChI is InChI=1S/C48H28N2O2/c1-2-10-31(11-3-1)46-38-15-6-8-16-42(38)49-48(50-46)41-26-35(25-40-39-24-32-12-4-5-13-33(32)27-45(39)52-47(40)41)30-20-18-29(19-21-30)34-22-23-37-36-14-7-9-17-43(36)51-44(37)28-34/h1-28H. The lowest BCUT2D eigenvalue weighted by Crippen LogP contribution is -1.96. The van der Waals surface area contributed by atoms with Crippen molar-refractivity contribution in [3.05, 3.63) is 170 Å². The average Bonchev–Trinajstić information content (AvgIpc) is 3.77. The van der Waals surface area contributed by atoms with E-state index >= 15 is 0 Å². The molecule has 11 aromatic rings. The van der Waals surface area contributed by atoms with Crippen molar-refractivity contribution in [2.75, 3.05) is 0 Å². The van der Waals surface area contributed by atoms with Gasteiger partial charge in [-0.3, -0.25) is 0 Å². The van der Waals surface area contributed by atoms with Gasteiger partial charge in [0.05, 0.1) is 16.8 Å². The van der Waals surface area contributed by atoms with Gasteiger partial charge in [0.25, 0.3) is 0 Å². The van der Waals surface area contributed by atoms with Crippen LogP contribution in [0.4, 0.5) is 0 Å². The van der Waals surface area contributed by atoms with Gasteiger partial charge in [0, 0.05) is 32.5 Å². The van der Waals surface area contributed by atoms with Crippen LogP contribution < -0.4 is 0 Å². The second-order valence-corrected chi connectivity index (χ2v) is 13.4. The molecule has 8 aromatic carbocycles.